The molecule has 0 saturated carbocycles. The summed E-state index contributed by atoms with van der Waals surface area (Å²) in [5.41, 5.74) is 8.63. The van der Waals surface area contributed by atoms with E-state index in [2.05, 4.69) is 40.2 Å². The molecule has 1 aliphatic rings. The van der Waals surface area contributed by atoms with Gasteiger partial charge in [0, 0.05) is 6.04 Å². The normalized spacial score (nSPS) is 26.2. The van der Waals surface area contributed by atoms with Crippen LogP contribution in [0.1, 0.15) is 16.0 Å². The Balaban J connectivity index is 0.000000720. The average Bonchev–Trinajstić information content (AvgIpc) is 2.30. The molecule has 0 amide bonds. The van der Waals surface area contributed by atoms with Crippen LogP contribution in [0.25, 0.3) is 0 Å². The van der Waals surface area contributed by atoms with E-state index in [9.17, 15) is 0 Å². The van der Waals surface area contributed by atoms with Gasteiger partial charge in [-0.1, -0.05) is 40.2 Å². The van der Waals surface area contributed by atoms with Gasteiger partial charge in [0.15, 0.2) is 0 Å². The highest BCUT2D eigenvalue weighted by Gasteiger charge is 2.26. The minimum atomic E-state index is 0. The minimum absolute atomic E-state index is 0. The molecule has 0 aliphatic heterocycles. The lowest BCUT2D eigenvalue weighted by Gasteiger charge is -2.06. The first kappa shape index (κ1) is 10.2. The van der Waals surface area contributed by atoms with Crippen LogP contribution in [0.5, 0.6) is 0 Å². The lowest BCUT2D eigenvalue weighted by molar-refractivity contribution is 0.716. The van der Waals surface area contributed by atoms with Crippen LogP contribution in [0.2, 0.25) is 0 Å². The summed E-state index contributed by atoms with van der Waals surface area (Å²) >= 11 is 3.58. The second kappa shape index (κ2) is 3.90. The van der Waals surface area contributed by atoms with E-state index in [1.165, 1.54) is 11.1 Å². The molecule has 0 spiro atoms. The molecule has 3 heteroatoms. The van der Waals surface area contributed by atoms with Crippen LogP contribution < -0.4 is 5.73 Å². The summed E-state index contributed by atoms with van der Waals surface area (Å²) in [5, 5.41) is 0. The molecule has 0 bridgehead atoms. The van der Waals surface area contributed by atoms with Crippen LogP contribution in [0.4, 0.5) is 0 Å². The molecule has 12 heavy (non-hydrogen) atoms. The standard InChI is InChI=1S/C9H10BrN.BrH/c10-9-7-4-2-1-3-6(7)5-8(9)11;/h1-4,8-9H,5,11H2;1H. The molecule has 1 aromatic rings. The summed E-state index contributed by atoms with van der Waals surface area (Å²) in [7, 11) is 0. The molecule has 0 aromatic heterocycles. The Morgan fingerprint density at radius 2 is 2.00 bits per heavy atom. The van der Waals surface area contributed by atoms with Crippen molar-refractivity contribution in [3.63, 3.8) is 0 Å². The van der Waals surface area contributed by atoms with Crippen LogP contribution in [-0.4, -0.2) is 6.04 Å². The number of hydrogen-bond donors (Lipinski definition) is 1. The van der Waals surface area contributed by atoms with E-state index in [4.69, 9.17) is 5.73 Å². The highest BCUT2D eigenvalue weighted by Crippen LogP contribution is 2.36. The Hall–Kier alpha value is 0.140. The maximum Gasteiger partial charge on any atom is 0.0552 e. The van der Waals surface area contributed by atoms with Crippen LogP contribution in [0, 0.1) is 0 Å². The average molecular weight is 293 g/mol. The highest BCUT2D eigenvalue weighted by atomic mass is 79.9. The van der Waals surface area contributed by atoms with Crippen molar-refractivity contribution in [2.75, 3.05) is 0 Å². The fraction of sp³-hybridized carbons (Fsp3) is 0.333. The van der Waals surface area contributed by atoms with Gasteiger partial charge < -0.3 is 5.73 Å². The molecule has 2 atom stereocenters. The Kier molecular flexibility index (Phi) is 3.32. The smallest absolute Gasteiger partial charge is 0.0552 e. The largest absolute Gasteiger partial charge is 0.326 e. The Bertz CT molecular complexity index is 275. The number of nitrogens with two attached hydrogens (primary N) is 1. The van der Waals surface area contributed by atoms with Gasteiger partial charge in [-0.3, -0.25) is 0 Å². The van der Waals surface area contributed by atoms with E-state index in [1.54, 1.807) is 0 Å². The van der Waals surface area contributed by atoms with E-state index in [0.29, 0.717) is 4.83 Å². The molecular formula is C9H11Br2N. The summed E-state index contributed by atoms with van der Waals surface area (Å²) in [4.78, 5) is 0.360. The van der Waals surface area contributed by atoms with Crippen molar-refractivity contribution < 1.29 is 0 Å². The van der Waals surface area contributed by atoms with Gasteiger partial charge in [0.1, 0.15) is 0 Å². The second-order valence-electron chi connectivity index (χ2n) is 2.97. The van der Waals surface area contributed by atoms with Gasteiger partial charge in [-0.2, -0.15) is 0 Å². The fourth-order valence-corrected chi connectivity index (χ4v) is 2.21. The maximum absolute atomic E-state index is 5.88. The Morgan fingerprint density at radius 1 is 1.33 bits per heavy atom. The summed E-state index contributed by atoms with van der Waals surface area (Å²) in [6.07, 6.45) is 1.01. The van der Waals surface area contributed by atoms with Crippen molar-refractivity contribution in [3.8, 4) is 0 Å². The van der Waals surface area contributed by atoms with Gasteiger partial charge in [0.05, 0.1) is 4.83 Å². The molecule has 2 rings (SSSR count). The Morgan fingerprint density at radius 3 is 2.67 bits per heavy atom. The number of benzene rings is 1. The Labute approximate surface area is 91.2 Å². The van der Waals surface area contributed by atoms with E-state index in [1.807, 2.05) is 0 Å². The highest BCUT2D eigenvalue weighted by molar-refractivity contribution is 9.09. The predicted molar refractivity (Wildman–Crippen MR) is 60.1 cm³/mol. The third-order valence-corrected chi connectivity index (χ3v) is 3.36. The lowest BCUT2D eigenvalue weighted by Crippen LogP contribution is -2.21. The van der Waals surface area contributed by atoms with Crippen molar-refractivity contribution >= 4 is 32.9 Å². The molecule has 2 N–H and O–H groups in total. The number of rotatable bonds is 0. The quantitative estimate of drug-likeness (QED) is 0.731. The second-order valence-corrected chi connectivity index (χ2v) is 3.96. The fourth-order valence-electron chi connectivity index (χ4n) is 1.58. The minimum Gasteiger partial charge on any atom is -0.326 e. The van der Waals surface area contributed by atoms with Gasteiger partial charge in [0.25, 0.3) is 0 Å². The molecule has 1 aromatic carbocycles. The molecule has 1 aliphatic carbocycles. The zero-order valence-electron chi connectivity index (χ0n) is 6.53. The number of hydrogen-bond acceptors (Lipinski definition) is 1. The first-order valence-corrected chi connectivity index (χ1v) is 4.68. The monoisotopic (exact) mass is 291 g/mol. The van der Waals surface area contributed by atoms with Crippen molar-refractivity contribution in [3.05, 3.63) is 35.4 Å². The predicted octanol–water partition coefficient (Wildman–Crippen LogP) is 2.58. The molecule has 0 heterocycles. The summed E-state index contributed by atoms with van der Waals surface area (Å²) in [6, 6.07) is 8.67. The molecule has 0 saturated heterocycles. The van der Waals surface area contributed by atoms with Crippen molar-refractivity contribution in [2.45, 2.75) is 17.3 Å². The third-order valence-electron chi connectivity index (χ3n) is 2.18. The molecule has 2 unspecified atom stereocenters. The molecular weight excluding hydrogens is 282 g/mol. The molecule has 1 nitrogen and oxygen atoms in total. The number of alkyl halides is 1. The van der Waals surface area contributed by atoms with Gasteiger partial charge in [-0.25, -0.2) is 0 Å². The van der Waals surface area contributed by atoms with E-state index in [-0.39, 0.29) is 23.0 Å². The molecule has 0 fully saturated rings. The van der Waals surface area contributed by atoms with Crippen molar-refractivity contribution in [2.24, 2.45) is 5.73 Å². The van der Waals surface area contributed by atoms with Crippen LogP contribution in [-0.2, 0) is 6.42 Å². The SMILES string of the molecule is Br.NC1Cc2ccccc2C1Br. The van der Waals surface area contributed by atoms with E-state index < -0.39 is 0 Å². The zero-order chi connectivity index (χ0) is 7.84. The van der Waals surface area contributed by atoms with Crippen molar-refractivity contribution in [1.82, 2.24) is 0 Å². The maximum atomic E-state index is 5.88. The third kappa shape index (κ3) is 1.58. The summed E-state index contributed by atoms with van der Waals surface area (Å²) in [5.74, 6) is 0. The van der Waals surface area contributed by atoms with E-state index in [0.717, 1.165) is 6.42 Å². The van der Waals surface area contributed by atoms with E-state index >= 15 is 0 Å². The van der Waals surface area contributed by atoms with Crippen molar-refractivity contribution in [1.29, 1.82) is 0 Å². The van der Waals surface area contributed by atoms with Gasteiger partial charge in [-0.05, 0) is 17.5 Å². The van der Waals surface area contributed by atoms with Gasteiger partial charge in [0.2, 0.25) is 0 Å². The first-order chi connectivity index (χ1) is 5.29. The van der Waals surface area contributed by atoms with Crippen LogP contribution in [0.3, 0.4) is 0 Å². The molecule has 66 valence electrons. The zero-order valence-corrected chi connectivity index (χ0v) is 9.83. The lowest BCUT2D eigenvalue weighted by atomic mass is 10.1. The van der Waals surface area contributed by atoms with Crippen LogP contribution in [0.15, 0.2) is 24.3 Å². The summed E-state index contributed by atoms with van der Waals surface area (Å²) in [6.45, 7) is 0. The van der Waals surface area contributed by atoms with Gasteiger partial charge in [-0.15, -0.1) is 17.0 Å². The first-order valence-electron chi connectivity index (χ1n) is 3.76. The van der Waals surface area contributed by atoms with Gasteiger partial charge >= 0.3 is 0 Å². The molecule has 0 radical (unpaired) electrons. The topological polar surface area (TPSA) is 26.0 Å². The number of halogens is 2. The summed E-state index contributed by atoms with van der Waals surface area (Å²) < 4.78 is 0. The van der Waals surface area contributed by atoms with Crippen LogP contribution >= 0.6 is 32.9 Å². The number of fused-ring (bicyclic) bond motifs is 1.